The zero-order valence-electron chi connectivity index (χ0n) is 13.6. The van der Waals surface area contributed by atoms with Gasteiger partial charge >= 0.3 is 0 Å². The van der Waals surface area contributed by atoms with Crippen LogP contribution in [0.1, 0.15) is 41.0 Å². The van der Waals surface area contributed by atoms with Crippen molar-refractivity contribution in [2.75, 3.05) is 30.3 Å². The summed E-state index contributed by atoms with van der Waals surface area (Å²) in [5.74, 6) is 1.18. The van der Waals surface area contributed by atoms with E-state index in [1.54, 1.807) is 0 Å². The van der Waals surface area contributed by atoms with E-state index < -0.39 is 0 Å². The van der Waals surface area contributed by atoms with Crippen LogP contribution in [-0.2, 0) is 4.74 Å². The van der Waals surface area contributed by atoms with Gasteiger partial charge in [-0.1, -0.05) is 6.92 Å². The minimum atomic E-state index is -0.260. The Bertz CT molecular complexity index is 486. The Balaban J connectivity index is 2.28. The normalized spacial score (nSPS) is 20.3. The molecule has 1 saturated heterocycles. The summed E-state index contributed by atoms with van der Waals surface area (Å²) >= 11 is 0. The second-order valence-electron chi connectivity index (χ2n) is 6.74. The van der Waals surface area contributed by atoms with Crippen molar-refractivity contribution < 1.29 is 9.47 Å². The molecular weight excluding hydrogens is 268 g/mol. The molecule has 0 aliphatic carbocycles. The maximum Gasteiger partial charge on any atom is 0.242 e. The summed E-state index contributed by atoms with van der Waals surface area (Å²) in [6, 6.07) is 0. The van der Waals surface area contributed by atoms with Crippen molar-refractivity contribution in [1.29, 1.82) is 0 Å². The molecule has 1 fully saturated rings. The summed E-state index contributed by atoms with van der Waals surface area (Å²) in [5.41, 5.74) is 6.18. The number of nitrogens with zero attached hydrogens (tertiary/aromatic N) is 3. The van der Waals surface area contributed by atoms with Crippen LogP contribution in [0, 0.1) is 0 Å². The van der Waals surface area contributed by atoms with E-state index in [1.165, 1.54) is 6.33 Å². The van der Waals surface area contributed by atoms with Gasteiger partial charge in [-0.2, -0.15) is 4.98 Å². The standard InChI is InChI=1S/C15H26N4O2/c1-6-7-20-13-11(16)12(17-10-18-13)19-8-14(2,3)21-15(4,5)9-19/h10H,6-9,16H2,1-5H3. The Hall–Kier alpha value is -1.56. The molecule has 1 aliphatic heterocycles. The molecule has 0 atom stereocenters. The van der Waals surface area contributed by atoms with Gasteiger partial charge in [-0.15, -0.1) is 0 Å². The number of nitrogen functional groups attached to an aromatic ring is 1. The Kier molecular flexibility index (Phi) is 4.27. The van der Waals surface area contributed by atoms with Crippen molar-refractivity contribution in [3.8, 4) is 5.88 Å². The quantitative estimate of drug-likeness (QED) is 0.918. The van der Waals surface area contributed by atoms with Crippen LogP contribution in [0.5, 0.6) is 5.88 Å². The number of rotatable bonds is 4. The van der Waals surface area contributed by atoms with Crippen molar-refractivity contribution in [3.05, 3.63) is 6.33 Å². The molecule has 2 N–H and O–H groups in total. The topological polar surface area (TPSA) is 73.5 Å². The fourth-order valence-corrected chi connectivity index (χ4v) is 2.87. The van der Waals surface area contributed by atoms with Gasteiger partial charge in [0, 0.05) is 13.1 Å². The average Bonchev–Trinajstić information content (AvgIpc) is 2.33. The Labute approximate surface area is 126 Å². The number of hydrogen-bond donors (Lipinski definition) is 1. The lowest BCUT2D eigenvalue weighted by molar-refractivity contribution is -0.133. The molecule has 1 aliphatic rings. The minimum Gasteiger partial charge on any atom is -0.476 e. The van der Waals surface area contributed by atoms with Gasteiger partial charge in [0.05, 0.1) is 17.8 Å². The first-order valence-electron chi connectivity index (χ1n) is 7.42. The molecule has 21 heavy (non-hydrogen) atoms. The predicted molar refractivity (Wildman–Crippen MR) is 83.7 cm³/mol. The van der Waals surface area contributed by atoms with Crippen LogP contribution in [0.2, 0.25) is 0 Å². The zero-order chi connectivity index (χ0) is 15.7. The molecule has 1 aromatic heterocycles. The van der Waals surface area contributed by atoms with Gasteiger partial charge in [-0.25, -0.2) is 4.98 Å². The van der Waals surface area contributed by atoms with Crippen LogP contribution in [0.4, 0.5) is 11.5 Å². The first-order valence-corrected chi connectivity index (χ1v) is 7.42. The van der Waals surface area contributed by atoms with Crippen LogP contribution in [0.15, 0.2) is 6.33 Å². The fourth-order valence-electron chi connectivity index (χ4n) is 2.87. The number of morpholine rings is 1. The van der Waals surface area contributed by atoms with Crippen molar-refractivity contribution >= 4 is 11.5 Å². The molecule has 0 amide bonds. The van der Waals surface area contributed by atoms with Gasteiger partial charge in [-0.3, -0.25) is 0 Å². The molecule has 0 saturated carbocycles. The SMILES string of the molecule is CCCOc1ncnc(N2CC(C)(C)OC(C)(C)C2)c1N. The van der Waals surface area contributed by atoms with Gasteiger partial charge in [-0.05, 0) is 34.1 Å². The number of hydrogen-bond acceptors (Lipinski definition) is 6. The van der Waals surface area contributed by atoms with E-state index >= 15 is 0 Å². The molecule has 118 valence electrons. The molecule has 2 rings (SSSR count). The minimum absolute atomic E-state index is 0.260. The van der Waals surface area contributed by atoms with Gasteiger partial charge in [0.25, 0.3) is 0 Å². The van der Waals surface area contributed by atoms with Gasteiger partial charge in [0.1, 0.15) is 12.0 Å². The maximum absolute atomic E-state index is 6.20. The highest BCUT2D eigenvalue weighted by atomic mass is 16.5. The zero-order valence-corrected chi connectivity index (χ0v) is 13.6. The lowest BCUT2D eigenvalue weighted by atomic mass is 9.99. The van der Waals surface area contributed by atoms with Crippen molar-refractivity contribution in [3.63, 3.8) is 0 Å². The summed E-state index contributed by atoms with van der Waals surface area (Å²) in [5, 5.41) is 0. The van der Waals surface area contributed by atoms with Crippen LogP contribution < -0.4 is 15.4 Å². The smallest absolute Gasteiger partial charge is 0.242 e. The van der Waals surface area contributed by atoms with Gasteiger partial charge in [0.15, 0.2) is 5.82 Å². The molecule has 0 spiro atoms. The summed E-state index contributed by atoms with van der Waals surface area (Å²) < 4.78 is 11.7. The first-order chi connectivity index (χ1) is 9.74. The molecule has 2 heterocycles. The van der Waals surface area contributed by atoms with E-state index in [4.69, 9.17) is 15.2 Å². The second kappa shape index (κ2) is 5.67. The van der Waals surface area contributed by atoms with Gasteiger partial charge in [0.2, 0.25) is 5.88 Å². The van der Waals surface area contributed by atoms with Crippen molar-refractivity contribution in [1.82, 2.24) is 9.97 Å². The molecule has 0 radical (unpaired) electrons. The highest BCUT2D eigenvalue weighted by molar-refractivity contribution is 5.68. The second-order valence-corrected chi connectivity index (χ2v) is 6.74. The van der Waals surface area contributed by atoms with E-state index in [0.29, 0.717) is 18.2 Å². The number of anilines is 2. The van der Waals surface area contributed by atoms with Crippen molar-refractivity contribution in [2.24, 2.45) is 0 Å². The molecule has 0 aromatic carbocycles. The van der Waals surface area contributed by atoms with Crippen LogP contribution in [-0.4, -0.2) is 40.9 Å². The molecule has 0 unspecified atom stereocenters. The third kappa shape index (κ3) is 3.75. The summed E-state index contributed by atoms with van der Waals surface area (Å²) in [7, 11) is 0. The maximum atomic E-state index is 6.20. The predicted octanol–water partition coefficient (Wildman–Crippen LogP) is 2.24. The first kappa shape index (κ1) is 15.8. The number of nitrogens with two attached hydrogens (primary N) is 1. The number of ether oxygens (including phenoxy) is 2. The molecule has 6 nitrogen and oxygen atoms in total. The lowest BCUT2D eigenvalue weighted by Gasteiger charge is -2.47. The van der Waals surface area contributed by atoms with E-state index in [9.17, 15) is 0 Å². The van der Waals surface area contributed by atoms with Crippen molar-refractivity contribution in [2.45, 2.75) is 52.2 Å². The van der Waals surface area contributed by atoms with E-state index in [0.717, 1.165) is 25.3 Å². The van der Waals surface area contributed by atoms with E-state index in [-0.39, 0.29) is 11.2 Å². The Morgan fingerprint density at radius 2 is 1.86 bits per heavy atom. The van der Waals surface area contributed by atoms with Gasteiger partial charge < -0.3 is 20.1 Å². The molecule has 6 heteroatoms. The summed E-state index contributed by atoms with van der Waals surface area (Å²) in [6.45, 7) is 12.4. The monoisotopic (exact) mass is 294 g/mol. The summed E-state index contributed by atoms with van der Waals surface area (Å²) in [6.07, 6.45) is 2.42. The number of aromatic nitrogens is 2. The third-order valence-corrected chi connectivity index (χ3v) is 3.26. The fraction of sp³-hybridized carbons (Fsp3) is 0.733. The highest BCUT2D eigenvalue weighted by Gasteiger charge is 2.39. The van der Waals surface area contributed by atoms with Crippen LogP contribution in [0.3, 0.4) is 0 Å². The molecule has 0 bridgehead atoms. The lowest BCUT2D eigenvalue weighted by Crippen LogP contribution is -2.57. The third-order valence-electron chi connectivity index (χ3n) is 3.26. The molecule has 1 aromatic rings. The van der Waals surface area contributed by atoms with E-state index in [2.05, 4.69) is 42.6 Å². The highest BCUT2D eigenvalue weighted by Crippen LogP contribution is 2.35. The summed E-state index contributed by atoms with van der Waals surface area (Å²) in [4.78, 5) is 10.6. The van der Waals surface area contributed by atoms with Crippen LogP contribution >= 0.6 is 0 Å². The largest absolute Gasteiger partial charge is 0.476 e. The average molecular weight is 294 g/mol. The van der Waals surface area contributed by atoms with Crippen LogP contribution in [0.25, 0.3) is 0 Å². The molecular formula is C15H26N4O2. The Morgan fingerprint density at radius 1 is 1.24 bits per heavy atom. The van der Waals surface area contributed by atoms with E-state index in [1.807, 2.05) is 6.92 Å². The Morgan fingerprint density at radius 3 is 2.43 bits per heavy atom.